The van der Waals surface area contributed by atoms with Crippen LogP contribution >= 0.6 is 0 Å². The van der Waals surface area contributed by atoms with Crippen LogP contribution in [0, 0.1) is 11.8 Å². The molecule has 0 radical (unpaired) electrons. The second-order valence-electron chi connectivity index (χ2n) is 8.91. The van der Waals surface area contributed by atoms with Crippen LogP contribution in [0.15, 0.2) is 30.3 Å². The molecule has 0 atom stereocenters. The molecule has 2 saturated heterocycles. The number of carbonyl (C=O) groups is 4. The molecule has 5 rings (SSSR count). The third-order valence-electron chi connectivity index (χ3n) is 6.23. The Morgan fingerprint density at radius 2 is 1.48 bits per heavy atom. The van der Waals surface area contributed by atoms with Crippen molar-refractivity contribution in [1.82, 2.24) is 20.9 Å². The van der Waals surface area contributed by atoms with Crippen LogP contribution in [0.2, 0.25) is 0 Å². The summed E-state index contributed by atoms with van der Waals surface area (Å²) in [5.74, 6) is 0.861. The average Bonchev–Trinajstić information content (AvgIpc) is 3.04. The van der Waals surface area contributed by atoms with Crippen LogP contribution in [0.3, 0.4) is 0 Å². The number of urea groups is 2. The summed E-state index contributed by atoms with van der Waals surface area (Å²) in [4.78, 5) is 47.4. The first-order valence-electron chi connectivity index (χ1n) is 10.0. The summed E-state index contributed by atoms with van der Waals surface area (Å²) >= 11 is 0. The van der Waals surface area contributed by atoms with Crippen LogP contribution < -0.4 is 16.0 Å². The third-order valence-corrected chi connectivity index (χ3v) is 6.23. The van der Waals surface area contributed by atoms with E-state index in [-0.39, 0.29) is 23.9 Å². The van der Waals surface area contributed by atoms with Gasteiger partial charge in [0.1, 0.15) is 11.1 Å². The van der Waals surface area contributed by atoms with Gasteiger partial charge < -0.3 is 10.6 Å². The maximum absolute atomic E-state index is 12.3. The number of benzene rings is 1. The first-order valence-corrected chi connectivity index (χ1v) is 10.0. The minimum Gasteiger partial charge on any atom is -0.323 e. The zero-order valence-electron chi connectivity index (χ0n) is 16.7. The molecular formula is C21H26N4O4. The molecule has 0 aromatic heterocycles. The molecule has 1 aromatic rings. The highest BCUT2D eigenvalue weighted by molar-refractivity contribution is 6.08. The van der Waals surface area contributed by atoms with E-state index in [0.29, 0.717) is 18.4 Å². The van der Waals surface area contributed by atoms with Crippen LogP contribution in [0.4, 0.5) is 9.59 Å². The molecule has 8 nitrogen and oxygen atoms in total. The van der Waals surface area contributed by atoms with Crippen LogP contribution in [0.1, 0.15) is 45.1 Å². The van der Waals surface area contributed by atoms with Crippen LogP contribution in [0.25, 0.3) is 0 Å². The summed E-state index contributed by atoms with van der Waals surface area (Å²) in [6.07, 6.45) is 3.10. The maximum Gasteiger partial charge on any atom is 0.325 e. The Bertz CT molecular complexity index is 857. The van der Waals surface area contributed by atoms with Crippen LogP contribution in [-0.2, 0) is 16.1 Å². The number of nitrogens with zero attached hydrogens (tertiary/aromatic N) is 1. The first kappa shape index (κ1) is 19.4. The van der Waals surface area contributed by atoms with Gasteiger partial charge in [-0.25, -0.2) is 9.59 Å². The third kappa shape index (κ3) is 3.36. The van der Waals surface area contributed by atoms with E-state index in [1.807, 2.05) is 30.3 Å². The molecule has 2 aliphatic heterocycles. The number of nitrogens with one attached hydrogen (secondary N) is 3. The molecule has 29 heavy (non-hydrogen) atoms. The Labute approximate surface area is 169 Å². The molecule has 2 heterocycles. The van der Waals surface area contributed by atoms with E-state index in [1.54, 1.807) is 0 Å². The van der Waals surface area contributed by atoms with E-state index >= 15 is 0 Å². The number of hydrogen-bond donors (Lipinski definition) is 3. The van der Waals surface area contributed by atoms with E-state index in [4.69, 9.17) is 0 Å². The number of carbonyl (C=O) groups excluding carboxylic acids is 4. The molecule has 2 aliphatic carbocycles. The molecule has 8 heteroatoms. The monoisotopic (exact) mass is 398 g/mol. The topological polar surface area (TPSA) is 108 Å². The number of amides is 6. The van der Waals surface area contributed by atoms with Crippen molar-refractivity contribution < 1.29 is 19.2 Å². The lowest BCUT2D eigenvalue weighted by molar-refractivity contribution is -0.136. The van der Waals surface area contributed by atoms with Crippen molar-refractivity contribution >= 4 is 23.9 Å². The van der Waals surface area contributed by atoms with Gasteiger partial charge in [0.25, 0.3) is 11.8 Å². The summed E-state index contributed by atoms with van der Waals surface area (Å²) < 4.78 is 0. The summed E-state index contributed by atoms with van der Waals surface area (Å²) in [6.45, 7) is 4.54. The average molecular weight is 398 g/mol. The molecule has 6 amide bonds. The van der Waals surface area contributed by atoms with Gasteiger partial charge in [-0.05, 0) is 43.1 Å². The van der Waals surface area contributed by atoms with E-state index in [0.717, 1.165) is 31.2 Å². The highest BCUT2D eigenvalue weighted by Crippen LogP contribution is 2.42. The zero-order chi connectivity index (χ0) is 20.8. The largest absolute Gasteiger partial charge is 0.325 e. The van der Waals surface area contributed by atoms with Crippen molar-refractivity contribution in [2.24, 2.45) is 11.8 Å². The summed E-state index contributed by atoms with van der Waals surface area (Å²) in [5.41, 5.74) is -0.146. The molecule has 154 valence electrons. The highest BCUT2D eigenvalue weighted by Gasteiger charge is 2.57. The first-order chi connectivity index (χ1) is 13.7. The molecule has 4 fully saturated rings. The Morgan fingerprint density at radius 1 is 0.897 bits per heavy atom. The maximum atomic E-state index is 12.3. The fourth-order valence-electron chi connectivity index (χ4n) is 4.94. The van der Waals surface area contributed by atoms with Gasteiger partial charge in [0, 0.05) is 0 Å². The summed E-state index contributed by atoms with van der Waals surface area (Å²) in [6, 6.07) is 9.00. The van der Waals surface area contributed by atoms with E-state index in [2.05, 4.69) is 29.8 Å². The van der Waals surface area contributed by atoms with Gasteiger partial charge in [-0.2, -0.15) is 0 Å². The van der Waals surface area contributed by atoms with Crippen molar-refractivity contribution in [3.63, 3.8) is 0 Å². The SMILES string of the molecule is CC1CC2(C1)NC(=O)N(Cc1ccccc1)C2=O.CC1CC2(C1)NC(=O)NC2=O. The lowest BCUT2D eigenvalue weighted by atomic mass is 9.69. The van der Waals surface area contributed by atoms with Gasteiger partial charge in [-0.3, -0.25) is 19.8 Å². The van der Waals surface area contributed by atoms with Gasteiger partial charge in [0.05, 0.1) is 6.54 Å². The standard InChI is InChI=1S/C14H16N2O2.C7H10N2O2/c1-10-7-14(8-10)12(17)16(13(18)15-14)9-11-5-3-2-4-6-11;1-4-2-7(3-4)5(10)8-6(11)9-7/h2-6,10H,7-9H2,1H3,(H,15,18);4H,2-3H2,1H3,(H2,8,9,10,11). The minimum absolute atomic E-state index is 0.0607. The predicted molar refractivity (Wildman–Crippen MR) is 104 cm³/mol. The smallest absolute Gasteiger partial charge is 0.323 e. The van der Waals surface area contributed by atoms with Crippen molar-refractivity contribution in [2.45, 2.75) is 57.2 Å². The fourth-order valence-corrected chi connectivity index (χ4v) is 4.94. The molecular weight excluding hydrogens is 372 g/mol. The Hall–Kier alpha value is -2.90. The van der Waals surface area contributed by atoms with E-state index < -0.39 is 11.1 Å². The molecule has 4 aliphatic rings. The van der Waals surface area contributed by atoms with Crippen molar-refractivity contribution in [3.05, 3.63) is 35.9 Å². The van der Waals surface area contributed by atoms with Crippen LogP contribution in [0.5, 0.6) is 0 Å². The Balaban J connectivity index is 0.000000159. The lowest BCUT2D eigenvalue weighted by Crippen LogP contribution is -2.56. The normalized spacial score (nSPS) is 34.8. The van der Waals surface area contributed by atoms with E-state index in [1.165, 1.54) is 4.90 Å². The van der Waals surface area contributed by atoms with Crippen LogP contribution in [-0.4, -0.2) is 39.9 Å². The zero-order valence-corrected chi connectivity index (χ0v) is 16.7. The number of rotatable bonds is 2. The Morgan fingerprint density at radius 3 is 2.00 bits per heavy atom. The van der Waals surface area contributed by atoms with Gasteiger partial charge >= 0.3 is 12.1 Å². The molecule has 0 unspecified atom stereocenters. The minimum atomic E-state index is -0.592. The van der Waals surface area contributed by atoms with Gasteiger partial charge in [-0.1, -0.05) is 44.2 Å². The second kappa shape index (κ2) is 6.86. The summed E-state index contributed by atoms with van der Waals surface area (Å²) in [5, 5.41) is 7.74. The highest BCUT2D eigenvalue weighted by atomic mass is 16.2. The van der Waals surface area contributed by atoms with Gasteiger partial charge in [-0.15, -0.1) is 0 Å². The lowest BCUT2D eigenvalue weighted by Gasteiger charge is -2.40. The Kier molecular flexibility index (Phi) is 4.59. The molecule has 3 N–H and O–H groups in total. The predicted octanol–water partition coefficient (Wildman–Crippen LogP) is 1.90. The molecule has 2 spiro atoms. The molecule has 2 saturated carbocycles. The molecule has 0 bridgehead atoms. The van der Waals surface area contributed by atoms with Crippen molar-refractivity contribution in [3.8, 4) is 0 Å². The van der Waals surface area contributed by atoms with Gasteiger partial charge in [0.15, 0.2) is 0 Å². The van der Waals surface area contributed by atoms with Crippen molar-refractivity contribution in [2.75, 3.05) is 0 Å². The quantitative estimate of drug-likeness (QED) is 0.661. The summed E-state index contributed by atoms with van der Waals surface area (Å²) in [7, 11) is 0. The van der Waals surface area contributed by atoms with Crippen molar-refractivity contribution in [1.29, 1.82) is 0 Å². The van der Waals surface area contributed by atoms with E-state index in [9.17, 15) is 19.2 Å². The number of hydrogen-bond acceptors (Lipinski definition) is 4. The van der Waals surface area contributed by atoms with Gasteiger partial charge in [0.2, 0.25) is 0 Å². The number of imide groups is 2. The molecule has 1 aromatic carbocycles. The fraction of sp³-hybridized carbons (Fsp3) is 0.524. The second-order valence-corrected chi connectivity index (χ2v) is 8.91.